The molecule has 10 heteroatoms. The fourth-order valence-corrected chi connectivity index (χ4v) is 4.74. The first-order chi connectivity index (χ1) is 18.8. The molecule has 0 spiro atoms. The SMILES string of the molecule is COC[C@H](C)Oc1cc(Oc2ccc(S(C)(=O)=O)cc2)cc(-c2ccc(-c3ccc[nH]3)n2C(=O)OC(C)(C)C)c1. The Morgan fingerprint density at radius 3 is 2.23 bits per heavy atom. The number of rotatable bonds is 9. The molecule has 40 heavy (non-hydrogen) atoms. The molecule has 0 radical (unpaired) electrons. The summed E-state index contributed by atoms with van der Waals surface area (Å²) in [6.07, 6.45) is 2.15. The molecule has 0 amide bonds. The van der Waals surface area contributed by atoms with Gasteiger partial charge in [-0.05, 0) is 88.4 Å². The van der Waals surface area contributed by atoms with E-state index in [4.69, 9.17) is 18.9 Å². The Balaban J connectivity index is 1.81. The third-order valence-corrected chi connectivity index (χ3v) is 6.86. The average Bonchev–Trinajstić information content (AvgIpc) is 3.53. The fourth-order valence-electron chi connectivity index (χ4n) is 4.10. The largest absolute Gasteiger partial charge is 0.488 e. The highest BCUT2D eigenvalue weighted by Gasteiger charge is 2.25. The molecule has 2 aromatic carbocycles. The van der Waals surface area contributed by atoms with Crippen molar-refractivity contribution in [3.8, 4) is 39.9 Å². The molecule has 0 aliphatic rings. The van der Waals surface area contributed by atoms with Crippen molar-refractivity contribution in [2.45, 2.75) is 44.3 Å². The lowest BCUT2D eigenvalue weighted by Crippen LogP contribution is -2.28. The maximum atomic E-state index is 13.5. The number of carbonyl (C=O) groups is 1. The summed E-state index contributed by atoms with van der Waals surface area (Å²) in [6, 6.07) is 18.9. The number of nitrogens with one attached hydrogen (secondary N) is 1. The molecule has 2 heterocycles. The van der Waals surface area contributed by atoms with Gasteiger partial charge in [0, 0.05) is 31.2 Å². The van der Waals surface area contributed by atoms with E-state index in [-0.39, 0.29) is 11.0 Å². The van der Waals surface area contributed by atoms with Crippen LogP contribution in [0.15, 0.2) is 77.8 Å². The molecule has 0 aliphatic heterocycles. The third kappa shape index (κ3) is 7.13. The molecule has 0 bridgehead atoms. The second-order valence-corrected chi connectivity index (χ2v) is 12.4. The lowest BCUT2D eigenvalue weighted by atomic mass is 10.1. The first kappa shape index (κ1) is 29.0. The van der Waals surface area contributed by atoms with Gasteiger partial charge in [0.05, 0.1) is 28.6 Å². The van der Waals surface area contributed by atoms with Crippen molar-refractivity contribution >= 4 is 15.9 Å². The van der Waals surface area contributed by atoms with E-state index in [9.17, 15) is 13.2 Å². The van der Waals surface area contributed by atoms with Crippen LogP contribution in [0.3, 0.4) is 0 Å². The summed E-state index contributed by atoms with van der Waals surface area (Å²) < 4.78 is 48.4. The normalized spacial score (nSPS) is 12.7. The number of ether oxygens (including phenoxy) is 4. The maximum absolute atomic E-state index is 13.5. The number of carbonyl (C=O) groups excluding carboxylic acids is 1. The summed E-state index contributed by atoms with van der Waals surface area (Å²) >= 11 is 0. The number of sulfone groups is 1. The van der Waals surface area contributed by atoms with Gasteiger partial charge >= 0.3 is 6.09 Å². The summed E-state index contributed by atoms with van der Waals surface area (Å²) in [6.45, 7) is 7.70. The van der Waals surface area contributed by atoms with Gasteiger partial charge in [0.2, 0.25) is 0 Å². The van der Waals surface area contributed by atoms with Gasteiger partial charge in [-0.25, -0.2) is 17.8 Å². The summed E-state index contributed by atoms with van der Waals surface area (Å²) in [4.78, 5) is 16.8. The Labute approximate surface area is 234 Å². The van der Waals surface area contributed by atoms with E-state index >= 15 is 0 Å². The highest BCUT2D eigenvalue weighted by molar-refractivity contribution is 7.90. The minimum atomic E-state index is -3.34. The zero-order valence-electron chi connectivity index (χ0n) is 23.4. The van der Waals surface area contributed by atoms with Crippen molar-refractivity contribution in [2.24, 2.45) is 0 Å². The van der Waals surface area contributed by atoms with Crippen LogP contribution in [0.5, 0.6) is 17.2 Å². The fraction of sp³-hybridized carbons (Fsp3) is 0.300. The summed E-state index contributed by atoms with van der Waals surface area (Å²) in [5.74, 6) is 1.38. The molecule has 0 fully saturated rings. The predicted molar refractivity (Wildman–Crippen MR) is 153 cm³/mol. The van der Waals surface area contributed by atoms with E-state index in [2.05, 4.69) is 4.98 Å². The van der Waals surface area contributed by atoms with E-state index in [1.165, 1.54) is 16.7 Å². The van der Waals surface area contributed by atoms with Gasteiger partial charge in [-0.15, -0.1) is 0 Å². The van der Waals surface area contributed by atoms with E-state index in [1.807, 2.05) is 58.0 Å². The van der Waals surface area contributed by atoms with Gasteiger partial charge in [-0.3, -0.25) is 0 Å². The molecule has 0 unspecified atom stereocenters. The summed E-state index contributed by atoms with van der Waals surface area (Å²) in [7, 11) is -1.74. The first-order valence-electron chi connectivity index (χ1n) is 12.7. The van der Waals surface area contributed by atoms with Crippen LogP contribution in [0.1, 0.15) is 27.7 Å². The van der Waals surface area contributed by atoms with Crippen molar-refractivity contribution in [3.05, 3.63) is 72.9 Å². The van der Waals surface area contributed by atoms with Crippen LogP contribution in [0.25, 0.3) is 22.6 Å². The predicted octanol–water partition coefficient (Wildman–Crippen LogP) is 6.54. The van der Waals surface area contributed by atoms with Gasteiger partial charge in [-0.2, -0.15) is 0 Å². The van der Waals surface area contributed by atoms with Gasteiger partial charge in [0.15, 0.2) is 9.84 Å². The number of methoxy groups -OCH3 is 1. The van der Waals surface area contributed by atoms with Gasteiger partial charge in [0.1, 0.15) is 29.0 Å². The number of hydrogen-bond acceptors (Lipinski definition) is 7. The summed E-state index contributed by atoms with van der Waals surface area (Å²) in [5.41, 5.74) is 1.89. The lowest BCUT2D eigenvalue weighted by Gasteiger charge is -2.22. The molecular weight excluding hydrogens is 532 g/mol. The zero-order chi connectivity index (χ0) is 29.1. The Hall–Kier alpha value is -4.02. The molecule has 212 valence electrons. The van der Waals surface area contributed by atoms with Gasteiger partial charge in [0.25, 0.3) is 0 Å². The van der Waals surface area contributed by atoms with Crippen molar-refractivity contribution in [1.29, 1.82) is 0 Å². The molecular formula is C30H34N2O7S. The number of aromatic nitrogens is 2. The topological polar surface area (TPSA) is 109 Å². The molecule has 2 aromatic heterocycles. The van der Waals surface area contributed by atoms with E-state index < -0.39 is 21.5 Å². The van der Waals surface area contributed by atoms with Crippen LogP contribution >= 0.6 is 0 Å². The van der Waals surface area contributed by atoms with Crippen LogP contribution in [0.4, 0.5) is 4.79 Å². The first-order valence-corrected chi connectivity index (χ1v) is 14.6. The minimum absolute atomic E-state index is 0.193. The molecule has 0 saturated carbocycles. The number of aromatic amines is 1. The van der Waals surface area contributed by atoms with Gasteiger partial charge in [-0.1, -0.05) is 0 Å². The minimum Gasteiger partial charge on any atom is -0.488 e. The second-order valence-electron chi connectivity index (χ2n) is 10.4. The van der Waals surface area contributed by atoms with Crippen LogP contribution in [-0.2, 0) is 19.3 Å². The van der Waals surface area contributed by atoms with Crippen molar-refractivity contribution < 1.29 is 32.2 Å². The molecule has 0 saturated heterocycles. The van der Waals surface area contributed by atoms with E-state index in [0.29, 0.717) is 40.8 Å². The van der Waals surface area contributed by atoms with E-state index in [0.717, 1.165) is 11.9 Å². The van der Waals surface area contributed by atoms with Crippen molar-refractivity contribution in [1.82, 2.24) is 9.55 Å². The Morgan fingerprint density at radius 2 is 1.62 bits per heavy atom. The van der Waals surface area contributed by atoms with Crippen LogP contribution in [0.2, 0.25) is 0 Å². The smallest absolute Gasteiger partial charge is 0.419 e. The average molecular weight is 567 g/mol. The molecule has 9 nitrogen and oxygen atoms in total. The molecule has 0 aliphatic carbocycles. The number of hydrogen-bond donors (Lipinski definition) is 1. The highest BCUT2D eigenvalue weighted by atomic mass is 32.2. The van der Waals surface area contributed by atoms with Crippen LogP contribution < -0.4 is 9.47 Å². The monoisotopic (exact) mass is 566 g/mol. The number of nitrogens with zero attached hydrogens (tertiary/aromatic N) is 1. The molecule has 4 rings (SSSR count). The number of benzene rings is 2. The van der Waals surface area contributed by atoms with Gasteiger partial charge < -0.3 is 23.9 Å². The molecule has 4 aromatic rings. The molecule has 1 atom stereocenters. The zero-order valence-corrected chi connectivity index (χ0v) is 24.2. The Kier molecular flexibility index (Phi) is 8.41. The van der Waals surface area contributed by atoms with E-state index in [1.54, 1.807) is 37.6 Å². The van der Waals surface area contributed by atoms with Crippen molar-refractivity contribution in [3.63, 3.8) is 0 Å². The lowest BCUT2D eigenvalue weighted by molar-refractivity contribution is 0.0542. The highest BCUT2D eigenvalue weighted by Crippen LogP contribution is 2.36. The molecule has 1 N–H and O–H groups in total. The Morgan fingerprint density at radius 1 is 0.950 bits per heavy atom. The third-order valence-electron chi connectivity index (χ3n) is 5.73. The summed E-state index contributed by atoms with van der Waals surface area (Å²) in [5, 5.41) is 0. The second kappa shape index (κ2) is 11.6. The van der Waals surface area contributed by atoms with Crippen LogP contribution in [-0.4, -0.2) is 55.7 Å². The maximum Gasteiger partial charge on any atom is 0.419 e. The van der Waals surface area contributed by atoms with Crippen molar-refractivity contribution in [2.75, 3.05) is 20.0 Å². The Bertz CT molecular complexity index is 1570. The standard InChI is InChI=1S/C30H34N2O7S/c1-20(19-36-5)37-23-16-21(17-24(18-23)38-22-9-11-25(12-10-22)40(6,34)35)27-13-14-28(26-8-7-15-31-26)32(27)29(33)39-30(2,3)4/h7-18,20,31H,19H2,1-6H3/t20-/m0/s1. The quantitative estimate of drug-likeness (QED) is 0.245. The van der Waals surface area contributed by atoms with Crippen LogP contribution in [0, 0.1) is 0 Å². The number of H-pyrrole nitrogens is 1.